The first-order chi connectivity index (χ1) is 10.4. The summed E-state index contributed by atoms with van der Waals surface area (Å²) in [4.78, 5) is 7.22. The van der Waals surface area contributed by atoms with E-state index in [9.17, 15) is 0 Å². The lowest BCUT2D eigenvalue weighted by Gasteiger charge is -2.36. The van der Waals surface area contributed by atoms with Gasteiger partial charge in [-0.1, -0.05) is 6.92 Å². The third kappa shape index (κ3) is 6.53. The van der Waals surface area contributed by atoms with Crippen LogP contribution in [0.3, 0.4) is 0 Å². The van der Waals surface area contributed by atoms with E-state index >= 15 is 0 Å². The van der Waals surface area contributed by atoms with E-state index in [1.807, 2.05) is 0 Å². The van der Waals surface area contributed by atoms with Gasteiger partial charge < -0.3 is 15.4 Å². The van der Waals surface area contributed by atoms with Crippen LogP contribution < -0.4 is 10.6 Å². The third-order valence-electron chi connectivity index (χ3n) is 4.08. The van der Waals surface area contributed by atoms with Crippen molar-refractivity contribution in [1.82, 2.24) is 15.5 Å². The highest BCUT2D eigenvalue weighted by Crippen LogP contribution is 2.26. The van der Waals surface area contributed by atoms with E-state index in [1.54, 1.807) is 0 Å². The average Bonchev–Trinajstić information content (AvgIpc) is 2.41. The molecule has 0 spiro atoms. The molecule has 22 heavy (non-hydrogen) atoms. The SMILES string of the molecule is CCNC(=NCC1(C)COC1)NCCCN(C(C)C)C(C)C. The highest BCUT2D eigenvalue weighted by atomic mass is 16.5. The molecular weight excluding hydrogens is 276 g/mol. The number of aliphatic imine (C=N–C) groups is 1. The molecule has 2 N–H and O–H groups in total. The number of nitrogens with zero attached hydrogens (tertiary/aromatic N) is 2. The molecule has 5 nitrogen and oxygen atoms in total. The highest BCUT2D eigenvalue weighted by Gasteiger charge is 2.33. The van der Waals surface area contributed by atoms with Crippen molar-refractivity contribution < 1.29 is 4.74 Å². The largest absolute Gasteiger partial charge is 0.380 e. The van der Waals surface area contributed by atoms with Gasteiger partial charge in [0.15, 0.2) is 5.96 Å². The van der Waals surface area contributed by atoms with Crippen LogP contribution >= 0.6 is 0 Å². The van der Waals surface area contributed by atoms with Crippen molar-refractivity contribution in [2.24, 2.45) is 10.4 Å². The lowest BCUT2D eigenvalue weighted by molar-refractivity contribution is -0.0945. The molecule has 0 atom stereocenters. The zero-order valence-electron chi connectivity index (χ0n) is 15.4. The van der Waals surface area contributed by atoms with Gasteiger partial charge in [-0.2, -0.15) is 0 Å². The summed E-state index contributed by atoms with van der Waals surface area (Å²) in [5.41, 5.74) is 0.231. The molecule has 1 aliphatic heterocycles. The summed E-state index contributed by atoms with van der Waals surface area (Å²) in [5, 5.41) is 6.77. The summed E-state index contributed by atoms with van der Waals surface area (Å²) in [7, 11) is 0. The summed E-state index contributed by atoms with van der Waals surface area (Å²) in [6.45, 7) is 18.8. The molecule has 5 heteroatoms. The molecule has 1 aliphatic rings. The zero-order valence-corrected chi connectivity index (χ0v) is 15.4. The maximum atomic E-state index is 5.28. The Kier molecular flexibility index (Phi) is 8.18. The third-order valence-corrected chi connectivity index (χ3v) is 4.08. The first kappa shape index (κ1) is 19.2. The van der Waals surface area contributed by atoms with Crippen LogP contribution in [0, 0.1) is 5.41 Å². The Balaban J connectivity index is 2.33. The van der Waals surface area contributed by atoms with Crippen LogP contribution in [-0.4, -0.2) is 62.3 Å². The summed E-state index contributed by atoms with van der Waals surface area (Å²) in [6, 6.07) is 1.20. The van der Waals surface area contributed by atoms with Crippen molar-refractivity contribution >= 4 is 5.96 Å². The lowest BCUT2D eigenvalue weighted by Crippen LogP contribution is -2.45. The predicted octanol–water partition coefficient (Wildman–Crippen LogP) is 2.09. The Hall–Kier alpha value is -0.810. The molecular formula is C17H36N4O. The molecule has 0 amide bonds. The second kappa shape index (κ2) is 9.36. The van der Waals surface area contributed by atoms with E-state index in [2.05, 4.69) is 57.1 Å². The van der Waals surface area contributed by atoms with Crippen molar-refractivity contribution in [2.75, 3.05) is 39.4 Å². The van der Waals surface area contributed by atoms with Gasteiger partial charge >= 0.3 is 0 Å². The smallest absolute Gasteiger partial charge is 0.191 e. The fourth-order valence-corrected chi connectivity index (χ4v) is 2.73. The Morgan fingerprint density at radius 3 is 2.27 bits per heavy atom. The van der Waals surface area contributed by atoms with Crippen LogP contribution in [0.5, 0.6) is 0 Å². The maximum absolute atomic E-state index is 5.28. The Morgan fingerprint density at radius 1 is 1.18 bits per heavy atom. The van der Waals surface area contributed by atoms with Crippen molar-refractivity contribution in [2.45, 2.75) is 60.0 Å². The van der Waals surface area contributed by atoms with Gasteiger partial charge in [0.05, 0.1) is 19.8 Å². The van der Waals surface area contributed by atoms with E-state index in [0.717, 1.165) is 51.8 Å². The molecule has 0 aromatic heterocycles. The highest BCUT2D eigenvalue weighted by molar-refractivity contribution is 5.79. The fourth-order valence-electron chi connectivity index (χ4n) is 2.73. The van der Waals surface area contributed by atoms with E-state index in [0.29, 0.717) is 12.1 Å². The van der Waals surface area contributed by atoms with Crippen LogP contribution in [0.1, 0.15) is 48.0 Å². The molecule has 1 saturated heterocycles. The monoisotopic (exact) mass is 312 g/mol. The van der Waals surface area contributed by atoms with Crippen molar-refractivity contribution in [3.63, 3.8) is 0 Å². The van der Waals surface area contributed by atoms with Crippen molar-refractivity contribution in [3.05, 3.63) is 0 Å². The van der Waals surface area contributed by atoms with Gasteiger partial charge in [0.2, 0.25) is 0 Å². The number of rotatable bonds is 9. The molecule has 1 fully saturated rings. The Bertz CT molecular complexity index is 330. The van der Waals surface area contributed by atoms with E-state index < -0.39 is 0 Å². The maximum Gasteiger partial charge on any atom is 0.191 e. The van der Waals surface area contributed by atoms with Crippen LogP contribution in [0.15, 0.2) is 4.99 Å². The Labute approximate surface area is 136 Å². The van der Waals surface area contributed by atoms with Crippen LogP contribution in [-0.2, 0) is 4.74 Å². The topological polar surface area (TPSA) is 48.9 Å². The summed E-state index contributed by atoms with van der Waals surface area (Å²) < 4.78 is 5.28. The Morgan fingerprint density at radius 2 is 1.82 bits per heavy atom. The van der Waals surface area contributed by atoms with E-state index in [1.165, 1.54) is 0 Å². The molecule has 1 heterocycles. The second-order valence-electron chi connectivity index (χ2n) is 7.20. The quantitative estimate of drug-likeness (QED) is 0.389. The van der Waals surface area contributed by atoms with Gasteiger partial charge in [0.25, 0.3) is 0 Å². The molecule has 0 saturated carbocycles. The van der Waals surface area contributed by atoms with Gasteiger partial charge in [-0.25, -0.2) is 0 Å². The number of hydrogen-bond acceptors (Lipinski definition) is 3. The predicted molar refractivity (Wildman–Crippen MR) is 94.5 cm³/mol. The first-order valence-electron chi connectivity index (χ1n) is 8.73. The molecule has 0 unspecified atom stereocenters. The fraction of sp³-hybridized carbons (Fsp3) is 0.941. The second-order valence-corrected chi connectivity index (χ2v) is 7.20. The molecule has 0 bridgehead atoms. The van der Waals surface area contributed by atoms with Crippen molar-refractivity contribution in [1.29, 1.82) is 0 Å². The number of ether oxygens (including phenoxy) is 1. The van der Waals surface area contributed by atoms with Crippen LogP contribution in [0.2, 0.25) is 0 Å². The van der Waals surface area contributed by atoms with Gasteiger partial charge in [-0.3, -0.25) is 9.89 Å². The molecule has 0 aromatic carbocycles. The summed E-state index contributed by atoms with van der Waals surface area (Å²) in [6.07, 6.45) is 1.13. The van der Waals surface area contributed by atoms with Gasteiger partial charge in [-0.05, 0) is 41.0 Å². The zero-order chi connectivity index (χ0) is 16.6. The number of hydrogen-bond donors (Lipinski definition) is 2. The summed E-state index contributed by atoms with van der Waals surface area (Å²) in [5.74, 6) is 0.927. The molecule has 0 aromatic rings. The number of nitrogens with one attached hydrogen (secondary N) is 2. The normalized spacial score (nSPS) is 18.0. The van der Waals surface area contributed by atoms with Gasteiger partial charge in [0.1, 0.15) is 0 Å². The average molecular weight is 313 g/mol. The first-order valence-corrected chi connectivity index (χ1v) is 8.73. The van der Waals surface area contributed by atoms with E-state index in [-0.39, 0.29) is 5.41 Å². The minimum atomic E-state index is 0.231. The minimum absolute atomic E-state index is 0.231. The standard InChI is InChI=1S/C17H36N4O/c1-7-18-16(20-11-17(6)12-22-13-17)19-9-8-10-21(14(2)3)15(4)5/h14-15H,7-13H2,1-6H3,(H2,18,19,20). The molecule has 130 valence electrons. The van der Waals surface area contributed by atoms with Gasteiger partial charge in [0, 0.05) is 37.1 Å². The van der Waals surface area contributed by atoms with E-state index in [4.69, 9.17) is 9.73 Å². The van der Waals surface area contributed by atoms with Gasteiger partial charge in [-0.15, -0.1) is 0 Å². The molecule has 0 aliphatic carbocycles. The van der Waals surface area contributed by atoms with Crippen LogP contribution in [0.25, 0.3) is 0 Å². The van der Waals surface area contributed by atoms with Crippen LogP contribution in [0.4, 0.5) is 0 Å². The minimum Gasteiger partial charge on any atom is -0.380 e. The molecule has 1 rings (SSSR count). The summed E-state index contributed by atoms with van der Waals surface area (Å²) >= 11 is 0. The number of guanidine groups is 1. The molecule has 0 radical (unpaired) electrons. The van der Waals surface area contributed by atoms with Crippen molar-refractivity contribution in [3.8, 4) is 0 Å². The lowest BCUT2D eigenvalue weighted by atomic mass is 9.89.